The maximum atomic E-state index is 12.9. The molecule has 0 spiro atoms. The van der Waals surface area contributed by atoms with Crippen LogP contribution in [0.15, 0.2) is 46.9 Å². The summed E-state index contributed by atoms with van der Waals surface area (Å²) in [6.07, 6.45) is 2.84. The number of benzene rings is 2. The Kier molecular flexibility index (Phi) is 6.21. The van der Waals surface area contributed by atoms with Gasteiger partial charge in [-0.2, -0.15) is 11.8 Å². The molecule has 7 heteroatoms. The topological polar surface area (TPSA) is 67.0 Å². The van der Waals surface area contributed by atoms with E-state index in [0.29, 0.717) is 11.3 Å². The van der Waals surface area contributed by atoms with Crippen molar-refractivity contribution in [2.45, 2.75) is 12.5 Å². The van der Waals surface area contributed by atoms with Gasteiger partial charge in [0, 0.05) is 4.47 Å². The number of imidazole rings is 1. The summed E-state index contributed by atoms with van der Waals surface area (Å²) in [6, 6.07) is 13.0. The summed E-state index contributed by atoms with van der Waals surface area (Å²) in [5.74, 6) is 2.17. The highest BCUT2D eigenvalue weighted by Gasteiger charge is 2.20. The number of hydrogen-bond donors (Lipinski definition) is 2. The molecule has 0 aliphatic carbocycles. The first-order valence-corrected chi connectivity index (χ1v) is 10.4. The van der Waals surface area contributed by atoms with Crippen LogP contribution in [0.25, 0.3) is 11.0 Å². The van der Waals surface area contributed by atoms with Crippen molar-refractivity contribution in [2.75, 3.05) is 19.1 Å². The molecule has 1 amide bonds. The number of carbonyl (C=O) groups is 1. The predicted molar refractivity (Wildman–Crippen MR) is 110 cm³/mol. The fourth-order valence-corrected chi connectivity index (χ4v) is 3.59. The number of H-pyrrole nitrogens is 1. The first kappa shape index (κ1) is 18.8. The van der Waals surface area contributed by atoms with Crippen LogP contribution in [-0.4, -0.2) is 35.0 Å². The minimum atomic E-state index is -0.194. The van der Waals surface area contributed by atoms with E-state index in [1.165, 1.54) is 0 Å². The molecule has 3 rings (SSSR count). The predicted octanol–water partition coefficient (Wildman–Crippen LogP) is 4.56. The van der Waals surface area contributed by atoms with Crippen LogP contribution in [0.4, 0.5) is 0 Å². The zero-order chi connectivity index (χ0) is 18.5. The average molecular weight is 434 g/mol. The van der Waals surface area contributed by atoms with Crippen LogP contribution in [0.1, 0.15) is 28.6 Å². The highest BCUT2D eigenvalue weighted by molar-refractivity contribution is 9.10. The number of nitrogens with zero attached hydrogens (tertiary/aromatic N) is 1. The lowest BCUT2D eigenvalue weighted by atomic mass is 10.1. The number of aromatic amines is 1. The van der Waals surface area contributed by atoms with Crippen LogP contribution >= 0.6 is 27.7 Å². The van der Waals surface area contributed by atoms with E-state index in [2.05, 4.69) is 37.5 Å². The smallest absolute Gasteiger partial charge is 0.253 e. The molecule has 0 unspecified atom stereocenters. The first-order chi connectivity index (χ1) is 12.6. The number of para-hydroxylation sites is 2. The molecule has 2 aromatic carbocycles. The number of rotatable bonds is 7. The molecule has 5 nitrogen and oxygen atoms in total. The molecule has 2 N–H and O–H groups in total. The number of amides is 1. The number of ether oxygens (including phenoxy) is 1. The summed E-state index contributed by atoms with van der Waals surface area (Å²) < 4.78 is 5.96. The lowest BCUT2D eigenvalue weighted by Crippen LogP contribution is -2.30. The van der Waals surface area contributed by atoms with Crippen molar-refractivity contribution in [3.63, 3.8) is 0 Å². The van der Waals surface area contributed by atoms with Crippen LogP contribution < -0.4 is 10.1 Å². The van der Waals surface area contributed by atoms with Crippen molar-refractivity contribution >= 4 is 44.6 Å². The highest BCUT2D eigenvalue weighted by Crippen LogP contribution is 2.25. The molecule has 3 aromatic rings. The van der Waals surface area contributed by atoms with Crippen LogP contribution in [-0.2, 0) is 0 Å². The Morgan fingerprint density at radius 2 is 2.15 bits per heavy atom. The van der Waals surface area contributed by atoms with Gasteiger partial charge in [0.05, 0.1) is 29.7 Å². The number of halogens is 1. The van der Waals surface area contributed by atoms with Crippen LogP contribution in [0.2, 0.25) is 0 Å². The Labute approximate surface area is 165 Å². The standard InChI is InChI=1S/C19H20BrN3O2S/c1-25-12-7-8-14(20)13(11-12)19(24)23-17(9-10-26-2)18-21-15-5-3-4-6-16(15)22-18/h3-8,11,17H,9-10H2,1-2H3,(H,21,22)(H,23,24)/t17-/m0/s1. The molecule has 1 aromatic heterocycles. The minimum absolute atomic E-state index is 0.165. The fraction of sp³-hybridized carbons (Fsp3) is 0.263. The van der Waals surface area contributed by atoms with E-state index in [0.717, 1.165) is 33.5 Å². The van der Waals surface area contributed by atoms with Crippen LogP contribution in [0, 0.1) is 0 Å². The number of nitrogens with one attached hydrogen (secondary N) is 2. The Morgan fingerprint density at radius 1 is 1.35 bits per heavy atom. The number of aromatic nitrogens is 2. The van der Waals surface area contributed by atoms with E-state index in [-0.39, 0.29) is 11.9 Å². The number of hydrogen-bond acceptors (Lipinski definition) is 4. The van der Waals surface area contributed by atoms with E-state index in [9.17, 15) is 4.79 Å². The summed E-state index contributed by atoms with van der Waals surface area (Å²) in [7, 11) is 1.58. The monoisotopic (exact) mass is 433 g/mol. The number of thioether (sulfide) groups is 1. The van der Waals surface area contributed by atoms with Gasteiger partial charge in [-0.3, -0.25) is 4.79 Å². The third kappa shape index (κ3) is 4.22. The quantitative estimate of drug-likeness (QED) is 0.572. The highest BCUT2D eigenvalue weighted by atomic mass is 79.9. The Morgan fingerprint density at radius 3 is 2.88 bits per heavy atom. The Bertz CT molecular complexity index is 880. The maximum Gasteiger partial charge on any atom is 0.253 e. The summed E-state index contributed by atoms with van der Waals surface area (Å²) in [4.78, 5) is 20.8. The van der Waals surface area contributed by atoms with Gasteiger partial charge in [-0.15, -0.1) is 0 Å². The normalized spacial score (nSPS) is 12.1. The zero-order valence-electron chi connectivity index (χ0n) is 14.6. The van der Waals surface area contributed by atoms with Gasteiger partial charge < -0.3 is 15.0 Å². The second-order valence-electron chi connectivity index (χ2n) is 5.79. The van der Waals surface area contributed by atoms with Crippen molar-refractivity contribution in [3.05, 3.63) is 58.3 Å². The van der Waals surface area contributed by atoms with E-state index in [1.807, 2.05) is 36.4 Å². The van der Waals surface area contributed by atoms with Gasteiger partial charge in [0.15, 0.2) is 0 Å². The molecule has 26 heavy (non-hydrogen) atoms. The molecule has 0 fully saturated rings. The van der Waals surface area contributed by atoms with Crippen molar-refractivity contribution in [2.24, 2.45) is 0 Å². The van der Waals surface area contributed by atoms with Crippen molar-refractivity contribution in [1.82, 2.24) is 15.3 Å². The molecule has 0 radical (unpaired) electrons. The lowest BCUT2D eigenvalue weighted by Gasteiger charge is -2.17. The molecule has 0 saturated heterocycles. The average Bonchev–Trinajstić information content (AvgIpc) is 3.09. The third-order valence-electron chi connectivity index (χ3n) is 4.07. The number of methoxy groups -OCH3 is 1. The largest absolute Gasteiger partial charge is 0.497 e. The van der Waals surface area contributed by atoms with Crippen molar-refractivity contribution in [1.29, 1.82) is 0 Å². The molecule has 0 aliphatic rings. The molecular weight excluding hydrogens is 414 g/mol. The molecule has 0 bridgehead atoms. The van der Waals surface area contributed by atoms with Crippen molar-refractivity contribution in [3.8, 4) is 5.75 Å². The van der Waals surface area contributed by atoms with E-state index >= 15 is 0 Å². The van der Waals surface area contributed by atoms with E-state index in [4.69, 9.17) is 4.74 Å². The van der Waals surface area contributed by atoms with Gasteiger partial charge in [0.1, 0.15) is 11.6 Å². The van der Waals surface area contributed by atoms with E-state index in [1.54, 1.807) is 24.9 Å². The number of fused-ring (bicyclic) bond motifs is 1. The zero-order valence-corrected chi connectivity index (χ0v) is 17.0. The van der Waals surface area contributed by atoms with Gasteiger partial charge in [0.25, 0.3) is 5.91 Å². The fourth-order valence-electron chi connectivity index (χ4n) is 2.69. The van der Waals surface area contributed by atoms with E-state index < -0.39 is 0 Å². The van der Waals surface area contributed by atoms with Crippen LogP contribution in [0.3, 0.4) is 0 Å². The van der Waals surface area contributed by atoms with Gasteiger partial charge in [0.2, 0.25) is 0 Å². The van der Waals surface area contributed by atoms with Gasteiger partial charge in [-0.1, -0.05) is 12.1 Å². The summed E-state index contributed by atoms with van der Waals surface area (Å²) >= 11 is 5.18. The van der Waals surface area contributed by atoms with Crippen molar-refractivity contribution < 1.29 is 9.53 Å². The summed E-state index contributed by atoms with van der Waals surface area (Å²) in [6.45, 7) is 0. The van der Waals surface area contributed by atoms with Gasteiger partial charge >= 0.3 is 0 Å². The molecule has 0 aliphatic heterocycles. The third-order valence-corrected chi connectivity index (χ3v) is 5.41. The molecule has 136 valence electrons. The Hall–Kier alpha value is -1.99. The van der Waals surface area contributed by atoms with Gasteiger partial charge in [-0.25, -0.2) is 4.98 Å². The molecule has 1 atom stereocenters. The minimum Gasteiger partial charge on any atom is -0.497 e. The number of carbonyl (C=O) groups excluding carboxylic acids is 1. The summed E-state index contributed by atoms with van der Waals surface area (Å²) in [5.41, 5.74) is 2.40. The SMILES string of the molecule is COc1ccc(Br)c(C(=O)N[C@@H](CCSC)c2nc3ccccc3[nH]2)c1. The Balaban J connectivity index is 1.87. The maximum absolute atomic E-state index is 12.9. The lowest BCUT2D eigenvalue weighted by molar-refractivity contribution is 0.0933. The molecular formula is C19H20BrN3O2S. The molecule has 1 heterocycles. The van der Waals surface area contributed by atoms with Crippen LogP contribution in [0.5, 0.6) is 5.75 Å². The molecule has 0 saturated carbocycles. The van der Waals surface area contributed by atoms with Gasteiger partial charge in [-0.05, 0) is 64.7 Å². The second-order valence-corrected chi connectivity index (χ2v) is 7.63. The summed E-state index contributed by atoms with van der Waals surface area (Å²) in [5, 5.41) is 3.11. The second kappa shape index (κ2) is 8.60. The first-order valence-electron chi connectivity index (χ1n) is 8.20.